The molecule has 0 spiro atoms. The SMILES string of the molecule is Cc1ccc(NC(=O)Nc2cccc(CN3CCN4C(=O)OC(C)(C)[C@H]4C3)c2F)cn1. The van der Waals surface area contributed by atoms with Gasteiger partial charge >= 0.3 is 12.1 Å². The predicted molar refractivity (Wildman–Crippen MR) is 114 cm³/mol. The molecule has 0 bridgehead atoms. The maximum Gasteiger partial charge on any atom is 0.410 e. The van der Waals surface area contributed by atoms with Crippen LogP contribution in [0.25, 0.3) is 0 Å². The van der Waals surface area contributed by atoms with E-state index < -0.39 is 17.4 Å². The minimum atomic E-state index is -0.583. The van der Waals surface area contributed by atoms with E-state index in [9.17, 15) is 9.59 Å². The van der Waals surface area contributed by atoms with Crippen LogP contribution in [0.2, 0.25) is 0 Å². The van der Waals surface area contributed by atoms with Crippen molar-refractivity contribution in [2.24, 2.45) is 0 Å². The Morgan fingerprint density at radius 1 is 1.26 bits per heavy atom. The maximum atomic E-state index is 15.1. The summed E-state index contributed by atoms with van der Waals surface area (Å²) in [6.45, 7) is 7.78. The van der Waals surface area contributed by atoms with Gasteiger partial charge in [0.05, 0.1) is 23.6 Å². The standard InChI is InChI=1S/C22H26FN5O3/c1-14-7-8-16(11-24-14)25-20(29)26-17-6-4-5-15(19(17)23)12-27-9-10-28-18(13-27)22(2,3)31-21(28)30/h4-8,11,18H,9-10,12-13H2,1-3H3,(H2,25,26,29)/t18-/m1/s1. The number of urea groups is 1. The fourth-order valence-electron chi connectivity index (χ4n) is 4.01. The molecule has 2 aliphatic rings. The molecule has 3 heterocycles. The Hall–Kier alpha value is -3.20. The van der Waals surface area contributed by atoms with E-state index in [1.807, 2.05) is 20.8 Å². The minimum Gasteiger partial charge on any atom is -0.441 e. The Labute approximate surface area is 180 Å². The van der Waals surface area contributed by atoms with Crippen LogP contribution in [0.15, 0.2) is 36.5 Å². The number of aryl methyl sites for hydroxylation is 1. The number of carbonyl (C=O) groups excluding carboxylic acids is 2. The number of ether oxygens (including phenoxy) is 1. The highest BCUT2D eigenvalue weighted by Crippen LogP contribution is 2.32. The number of hydrogen-bond acceptors (Lipinski definition) is 5. The molecule has 2 fully saturated rings. The molecule has 1 aromatic heterocycles. The van der Waals surface area contributed by atoms with Crippen LogP contribution in [0.3, 0.4) is 0 Å². The van der Waals surface area contributed by atoms with Crippen LogP contribution in [0, 0.1) is 12.7 Å². The van der Waals surface area contributed by atoms with Gasteiger partial charge in [-0.1, -0.05) is 12.1 Å². The molecule has 3 amide bonds. The smallest absolute Gasteiger partial charge is 0.410 e. The molecule has 164 valence electrons. The van der Waals surface area contributed by atoms with E-state index in [0.29, 0.717) is 37.4 Å². The van der Waals surface area contributed by atoms with Crippen molar-refractivity contribution in [3.05, 3.63) is 53.6 Å². The van der Waals surface area contributed by atoms with Crippen LogP contribution >= 0.6 is 0 Å². The number of halogens is 1. The fraction of sp³-hybridized carbons (Fsp3) is 0.409. The molecule has 31 heavy (non-hydrogen) atoms. The Bertz CT molecular complexity index is 995. The first kappa shape index (κ1) is 21.0. The van der Waals surface area contributed by atoms with Gasteiger partial charge in [0.25, 0.3) is 0 Å². The van der Waals surface area contributed by atoms with Gasteiger partial charge in [-0.15, -0.1) is 0 Å². The van der Waals surface area contributed by atoms with Crippen molar-refractivity contribution in [1.29, 1.82) is 0 Å². The van der Waals surface area contributed by atoms with Gasteiger partial charge < -0.3 is 15.4 Å². The summed E-state index contributed by atoms with van der Waals surface area (Å²) in [5.74, 6) is -0.472. The number of aromatic nitrogens is 1. The fourth-order valence-corrected chi connectivity index (χ4v) is 4.01. The van der Waals surface area contributed by atoms with E-state index >= 15 is 4.39 Å². The first-order valence-electron chi connectivity index (χ1n) is 10.2. The number of carbonyl (C=O) groups is 2. The van der Waals surface area contributed by atoms with Gasteiger partial charge in [-0.3, -0.25) is 14.8 Å². The van der Waals surface area contributed by atoms with Crippen LogP contribution in [0.4, 0.5) is 25.4 Å². The van der Waals surface area contributed by atoms with Gasteiger partial charge in [-0.2, -0.15) is 0 Å². The van der Waals surface area contributed by atoms with Gasteiger partial charge in [0.2, 0.25) is 0 Å². The quantitative estimate of drug-likeness (QED) is 0.779. The van der Waals surface area contributed by atoms with Crippen LogP contribution in [-0.4, -0.2) is 58.2 Å². The normalized spacial score (nSPS) is 20.2. The van der Waals surface area contributed by atoms with E-state index in [4.69, 9.17) is 4.74 Å². The lowest BCUT2D eigenvalue weighted by atomic mass is 9.96. The lowest BCUT2D eigenvalue weighted by Gasteiger charge is -2.39. The zero-order valence-electron chi connectivity index (χ0n) is 17.8. The van der Waals surface area contributed by atoms with Crippen molar-refractivity contribution in [2.75, 3.05) is 30.3 Å². The molecule has 4 rings (SSSR count). The molecule has 2 N–H and O–H groups in total. The monoisotopic (exact) mass is 427 g/mol. The Morgan fingerprint density at radius 2 is 2.06 bits per heavy atom. The summed E-state index contributed by atoms with van der Waals surface area (Å²) in [5, 5.41) is 5.21. The highest BCUT2D eigenvalue weighted by atomic mass is 19.1. The highest BCUT2D eigenvalue weighted by Gasteiger charge is 2.49. The molecule has 0 saturated carbocycles. The van der Waals surface area contributed by atoms with E-state index in [0.717, 1.165) is 5.69 Å². The summed E-state index contributed by atoms with van der Waals surface area (Å²) >= 11 is 0. The van der Waals surface area contributed by atoms with E-state index in [1.165, 1.54) is 6.07 Å². The zero-order chi connectivity index (χ0) is 22.2. The predicted octanol–water partition coefficient (Wildman–Crippen LogP) is 3.59. The molecule has 0 aliphatic carbocycles. The van der Waals surface area contributed by atoms with Gasteiger partial charge in [0.1, 0.15) is 5.60 Å². The molecule has 2 aliphatic heterocycles. The summed E-state index contributed by atoms with van der Waals surface area (Å²) in [6, 6.07) is 7.83. The summed E-state index contributed by atoms with van der Waals surface area (Å²) in [4.78, 5) is 32.2. The van der Waals surface area contributed by atoms with Crippen molar-refractivity contribution in [2.45, 2.75) is 39.0 Å². The second-order valence-corrected chi connectivity index (χ2v) is 8.46. The third-order valence-electron chi connectivity index (χ3n) is 5.74. The van der Waals surface area contributed by atoms with Crippen LogP contribution < -0.4 is 10.6 Å². The van der Waals surface area contributed by atoms with E-state index in [1.54, 1.807) is 35.4 Å². The van der Waals surface area contributed by atoms with Crippen molar-refractivity contribution >= 4 is 23.5 Å². The first-order valence-corrected chi connectivity index (χ1v) is 10.2. The third-order valence-corrected chi connectivity index (χ3v) is 5.74. The number of benzene rings is 1. The maximum absolute atomic E-state index is 15.1. The first-order chi connectivity index (χ1) is 14.7. The number of amides is 3. The molecule has 2 saturated heterocycles. The second kappa shape index (κ2) is 8.14. The van der Waals surface area contributed by atoms with Crippen molar-refractivity contribution < 1.29 is 18.7 Å². The second-order valence-electron chi connectivity index (χ2n) is 8.46. The number of rotatable bonds is 4. The largest absolute Gasteiger partial charge is 0.441 e. The average Bonchev–Trinajstić information content (AvgIpc) is 2.95. The van der Waals surface area contributed by atoms with Crippen LogP contribution in [0.1, 0.15) is 25.1 Å². The summed E-state index contributed by atoms with van der Waals surface area (Å²) in [7, 11) is 0. The molecule has 0 unspecified atom stereocenters. The number of anilines is 2. The molecule has 0 radical (unpaired) electrons. The lowest BCUT2D eigenvalue weighted by Crippen LogP contribution is -2.55. The Kier molecular flexibility index (Phi) is 5.53. The molecule has 1 atom stereocenters. The Balaban J connectivity index is 1.41. The van der Waals surface area contributed by atoms with Crippen molar-refractivity contribution in [3.8, 4) is 0 Å². The Morgan fingerprint density at radius 3 is 2.81 bits per heavy atom. The minimum absolute atomic E-state index is 0.0768. The zero-order valence-corrected chi connectivity index (χ0v) is 17.8. The lowest BCUT2D eigenvalue weighted by molar-refractivity contribution is 0.0419. The summed E-state index contributed by atoms with van der Waals surface area (Å²) in [6.07, 6.45) is 1.25. The number of fused-ring (bicyclic) bond motifs is 1. The number of cyclic esters (lactones) is 1. The number of hydrogen-bond donors (Lipinski definition) is 2. The molecule has 9 heteroatoms. The van der Waals surface area contributed by atoms with Gasteiger partial charge in [-0.05, 0) is 39.0 Å². The van der Waals surface area contributed by atoms with Crippen molar-refractivity contribution in [3.63, 3.8) is 0 Å². The number of nitrogens with one attached hydrogen (secondary N) is 2. The average molecular weight is 427 g/mol. The van der Waals surface area contributed by atoms with Crippen molar-refractivity contribution in [1.82, 2.24) is 14.8 Å². The van der Waals surface area contributed by atoms with Gasteiger partial charge in [0, 0.05) is 37.4 Å². The highest BCUT2D eigenvalue weighted by molar-refractivity contribution is 5.99. The van der Waals surface area contributed by atoms with E-state index in [-0.39, 0.29) is 17.8 Å². The number of pyridine rings is 1. The number of nitrogens with zero attached hydrogens (tertiary/aromatic N) is 3. The molecular weight excluding hydrogens is 401 g/mol. The molecule has 8 nitrogen and oxygen atoms in total. The van der Waals surface area contributed by atoms with E-state index in [2.05, 4.69) is 20.5 Å². The third kappa shape index (κ3) is 4.46. The number of piperazine rings is 1. The molecular formula is C22H26FN5O3. The topological polar surface area (TPSA) is 86.8 Å². The van der Waals surface area contributed by atoms with Gasteiger partial charge in [-0.25, -0.2) is 14.0 Å². The molecule has 2 aromatic rings. The molecule has 1 aromatic carbocycles. The van der Waals surface area contributed by atoms with Crippen LogP contribution in [0.5, 0.6) is 0 Å². The summed E-state index contributed by atoms with van der Waals surface area (Å²) < 4.78 is 20.6. The van der Waals surface area contributed by atoms with Crippen LogP contribution in [-0.2, 0) is 11.3 Å². The summed E-state index contributed by atoms with van der Waals surface area (Å²) in [5.41, 5.74) is 1.36. The van der Waals surface area contributed by atoms with Gasteiger partial charge in [0.15, 0.2) is 5.82 Å².